The smallest absolute Gasteiger partial charge is 0.262 e. The largest absolute Gasteiger partial charge is 0.371 e. The lowest BCUT2D eigenvalue weighted by molar-refractivity contribution is -0.136. The average molecular weight is 605 g/mol. The highest BCUT2D eigenvalue weighted by Gasteiger charge is 2.45. The zero-order chi connectivity index (χ0) is 30.5. The first-order chi connectivity index (χ1) is 20.5. The van der Waals surface area contributed by atoms with Gasteiger partial charge in [-0.05, 0) is 67.3 Å². The summed E-state index contributed by atoms with van der Waals surface area (Å²) in [7, 11) is 0. The molecule has 4 heterocycles. The van der Waals surface area contributed by atoms with E-state index in [2.05, 4.69) is 36.2 Å². The van der Waals surface area contributed by atoms with Gasteiger partial charge in [-0.3, -0.25) is 39.1 Å². The van der Waals surface area contributed by atoms with Gasteiger partial charge in [-0.2, -0.15) is 0 Å². The Hall–Kier alpha value is -3.86. The average Bonchev–Trinajstić information content (AvgIpc) is 3.23. The summed E-state index contributed by atoms with van der Waals surface area (Å²) in [5.41, 5.74) is 3.95. The fraction of sp³-hybridized carbons (Fsp3) is 0.406. The molecule has 224 valence electrons. The molecule has 2 aromatic rings. The van der Waals surface area contributed by atoms with Gasteiger partial charge < -0.3 is 9.64 Å². The predicted octanol–water partition coefficient (Wildman–Crippen LogP) is 3.15. The number of carbonyl (C=O) groups is 5. The van der Waals surface area contributed by atoms with Crippen molar-refractivity contribution in [2.75, 3.05) is 39.3 Å². The maximum Gasteiger partial charge on any atom is 0.262 e. The third-order valence-corrected chi connectivity index (χ3v) is 8.87. The van der Waals surface area contributed by atoms with Gasteiger partial charge in [0, 0.05) is 56.2 Å². The Morgan fingerprint density at radius 3 is 2.37 bits per heavy atom. The minimum Gasteiger partial charge on any atom is -0.371 e. The van der Waals surface area contributed by atoms with Gasteiger partial charge in [0.2, 0.25) is 11.8 Å². The summed E-state index contributed by atoms with van der Waals surface area (Å²) in [5.74, 6) is -2.54. The van der Waals surface area contributed by atoms with Gasteiger partial charge in [0.05, 0.1) is 23.3 Å². The number of carbonyl (C=O) groups excluding carboxylic acids is 5. The lowest BCUT2D eigenvalue weighted by atomic mass is 9.87. The Morgan fingerprint density at radius 1 is 0.977 bits per heavy atom. The molecule has 1 unspecified atom stereocenters. The molecule has 0 radical (unpaired) electrons. The van der Waals surface area contributed by atoms with Gasteiger partial charge in [0.15, 0.2) is 0 Å². The molecule has 2 aromatic carbocycles. The van der Waals surface area contributed by atoms with E-state index in [1.54, 1.807) is 11.0 Å². The van der Waals surface area contributed by atoms with Crippen molar-refractivity contribution < 1.29 is 28.7 Å². The Morgan fingerprint density at radius 2 is 1.67 bits per heavy atom. The number of halogens is 1. The number of imide groups is 2. The number of piperazine rings is 1. The maximum absolute atomic E-state index is 13.4. The molecule has 10 nitrogen and oxygen atoms in total. The molecule has 43 heavy (non-hydrogen) atoms. The van der Waals surface area contributed by atoms with Crippen molar-refractivity contribution in [2.24, 2.45) is 0 Å². The first kappa shape index (κ1) is 29.2. The van der Waals surface area contributed by atoms with Crippen LogP contribution in [0.2, 0.25) is 5.02 Å². The van der Waals surface area contributed by atoms with Crippen LogP contribution >= 0.6 is 11.6 Å². The summed E-state index contributed by atoms with van der Waals surface area (Å²) >= 11 is 6.13. The molecule has 0 spiro atoms. The van der Waals surface area contributed by atoms with Crippen LogP contribution in [0.5, 0.6) is 0 Å². The zero-order valence-electron chi connectivity index (χ0n) is 24.2. The second kappa shape index (κ2) is 11.3. The van der Waals surface area contributed by atoms with Crippen LogP contribution in [0.15, 0.2) is 48.0 Å². The van der Waals surface area contributed by atoms with Crippen LogP contribution in [0.3, 0.4) is 0 Å². The number of piperidine rings is 1. The molecule has 0 saturated carbocycles. The van der Waals surface area contributed by atoms with E-state index < -0.39 is 29.7 Å². The van der Waals surface area contributed by atoms with E-state index >= 15 is 0 Å². The Kier molecular flexibility index (Phi) is 7.70. The summed E-state index contributed by atoms with van der Waals surface area (Å²) in [5, 5.41) is 2.89. The molecule has 0 bridgehead atoms. The number of hydrogen-bond donors (Lipinski definition) is 1. The summed E-state index contributed by atoms with van der Waals surface area (Å²) in [6.45, 7) is 7.86. The van der Waals surface area contributed by atoms with Gasteiger partial charge in [-0.15, -0.1) is 0 Å². The number of hydrogen-bond acceptors (Lipinski definition) is 7. The van der Waals surface area contributed by atoms with E-state index in [9.17, 15) is 24.0 Å². The molecule has 1 N–H and O–H groups in total. The predicted molar refractivity (Wildman–Crippen MR) is 158 cm³/mol. The molecule has 4 aliphatic rings. The third-order valence-electron chi connectivity index (χ3n) is 8.62. The van der Waals surface area contributed by atoms with Crippen LogP contribution in [-0.4, -0.2) is 95.2 Å². The number of rotatable bonds is 5. The number of nitrogens with one attached hydrogen (secondary N) is 1. The van der Waals surface area contributed by atoms with Crippen LogP contribution in [-0.2, 0) is 14.3 Å². The summed E-state index contributed by atoms with van der Waals surface area (Å²) in [6.07, 6.45) is 0.918. The van der Waals surface area contributed by atoms with E-state index in [-0.39, 0.29) is 35.5 Å². The highest BCUT2D eigenvalue weighted by molar-refractivity contribution is 6.30. The Balaban J connectivity index is 1.12. The monoisotopic (exact) mass is 604 g/mol. The van der Waals surface area contributed by atoms with Gasteiger partial charge >= 0.3 is 0 Å². The zero-order valence-corrected chi connectivity index (χ0v) is 24.9. The molecule has 6 rings (SSSR count). The van der Waals surface area contributed by atoms with Gasteiger partial charge in [0.1, 0.15) is 6.04 Å². The highest BCUT2D eigenvalue weighted by atomic mass is 35.5. The molecule has 2 saturated heterocycles. The van der Waals surface area contributed by atoms with E-state index in [0.717, 1.165) is 23.4 Å². The molecule has 2 fully saturated rings. The van der Waals surface area contributed by atoms with Crippen LogP contribution in [0.1, 0.15) is 69.7 Å². The van der Waals surface area contributed by atoms with Crippen molar-refractivity contribution in [3.05, 3.63) is 75.3 Å². The van der Waals surface area contributed by atoms with Crippen molar-refractivity contribution in [1.29, 1.82) is 0 Å². The van der Waals surface area contributed by atoms with Crippen LogP contribution < -0.4 is 5.32 Å². The van der Waals surface area contributed by atoms with E-state index in [0.29, 0.717) is 43.4 Å². The van der Waals surface area contributed by atoms with Crippen molar-refractivity contribution >= 4 is 46.7 Å². The molecule has 0 aliphatic carbocycles. The fourth-order valence-corrected chi connectivity index (χ4v) is 6.36. The van der Waals surface area contributed by atoms with Crippen LogP contribution in [0, 0.1) is 0 Å². The van der Waals surface area contributed by atoms with Crippen LogP contribution in [0.4, 0.5) is 0 Å². The lowest BCUT2D eigenvalue weighted by Crippen LogP contribution is -2.54. The molecule has 5 amide bonds. The number of fused-ring (bicyclic) bond motifs is 1. The fourth-order valence-electron chi connectivity index (χ4n) is 6.24. The standard InChI is InChI=1S/C32H33ClN4O6/c1-32(2)16-25(19-3-6-22(33)7-4-19)21(18-43-32)17-35-11-13-36(14-12-35)29(40)20-5-8-23-24(15-20)31(42)37(30(23)41)26-9-10-27(38)34-28(26)39/h3-8,15,26H,9-14,16-18H2,1-2H3,(H,34,38,39). The summed E-state index contributed by atoms with van der Waals surface area (Å²) in [6, 6.07) is 11.3. The van der Waals surface area contributed by atoms with Gasteiger partial charge in [0.25, 0.3) is 17.7 Å². The van der Waals surface area contributed by atoms with Crippen molar-refractivity contribution in [3.63, 3.8) is 0 Å². The lowest BCUT2D eigenvalue weighted by Gasteiger charge is -2.38. The number of ether oxygens (including phenoxy) is 1. The Bertz CT molecular complexity index is 1560. The first-order valence-corrected chi connectivity index (χ1v) is 14.9. The Labute approximate surface area is 254 Å². The molecule has 1 atom stereocenters. The molecular weight excluding hydrogens is 572 g/mol. The van der Waals surface area contributed by atoms with Gasteiger partial charge in [-0.1, -0.05) is 23.7 Å². The number of amides is 5. The van der Waals surface area contributed by atoms with Crippen molar-refractivity contribution in [2.45, 2.75) is 44.8 Å². The quantitative estimate of drug-likeness (QED) is 0.521. The maximum atomic E-state index is 13.4. The third kappa shape index (κ3) is 5.74. The first-order valence-electron chi connectivity index (χ1n) is 14.5. The van der Waals surface area contributed by atoms with Crippen molar-refractivity contribution in [3.8, 4) is 0 Å². The molecule has 11 heteroatoms. The molecular formula is C32H33ClN4O6. The summed E-state index contributed by atoms with van der Waals surface area (Å²) < 4.78 is 6.15. The minimum atomic E-state index is -1.05. The summed E-state index contributed by atoms with van der Waals surface area (Å²) in [4.78, 5) is 68.5. The van der Waals surface area contributed by atoms with Gasteiger partial charge in [-0.25, -0.2) is 0 Å². The number of nitrogens with zero attached hydrogens (tertiary/aromatic N) is 3. The van der Waals surface area contributed by atoms with E-state index in [4.69, 9.17) is 16.3 Å². The van der Waals surface area contributed by atoms with Crippen LogP contribution in [0.25, 0.3) is 5.57 Å². The van der Waals surface area contributed by atoms with Crippen molar-refractivity contribution in [1.82, 2.24) is 20.0 Å². The normalized spacial score (nSPS) is 22.6. The van der Waals surface area contributed by atoms with E-state index in [1.165, 1.54) is 23.3 Å². The van der Waals surface area contributed by atoms with E-state index in [1.807, 2.05) is 12.1 Å². The number of benzene rings is 2. The SMILES string of the molecule is CC1(C)CC(c2ccc(Cl)cc2)=C(CN2CCN(C(=O)c3ccc4c(c3)C(=O)N(C3CCC(=O)NC3=O)C4=O)CC2)CO1. The minimum absolute atomic E-state index is 0.0459. The second-order valence-corrected chi connectivity index (χ2v) is 12.5. The molecule has 0 aromatic heterocycles. The topological polar surface area (TPSA) is 116 Å². The second-order valence-electron chi connectivity index (χ2n) is 12.1. The highest BCUT2D eigenvalue weighted by Crippen LogP contribution is 2.36. The molecule has 4 aliphatic heterocycles.